The number of amides is 1. The highest BCUT2D eigenvalue weighted by atomic mass is 16.1. The molecule has 0 saturated heterocycles. The number of anilines is 1. The summed E-state index contributed by atoms with van der Waals surface area (Å²) in [6.07, 6.45) is 11.2. The predicted octanol–water partition coefficient (Wildman–Crippen LogP) is 4.78. The van der Waals surface area contributed by atoms with Crippen LogP contribution in [0.25, 0.3) is 17.3 Å². The molecule has 1 aromatic carbocycles. The van der Waals surface area contributed by atoms with Crippen molar-refractivity contribution >= 4 is 17.7 Å². The molecule has 1 N–H and O–H groups in total. The van der Waals surface area contributed by atoms with E-state index in [-0.39, 0.29) is 5.91 Å². The number of rotatable bonds is 6. The van der Waals surface area contributed by atoms with Gasteiger partial charge in [-0.3, -0.25) is 9.78 Å². The number of benzene rings is 1. The molecule has 0 aliphatic rings. The number of nitrogens with zero attached hydrogens (tertiary/aromatic N) is 2. The van der Waals surface area contributed by atoms with E-state index in [1.54, 1.807) is 12.3 Å². The van der Waals surface area contributed by atoms with Crippen molar-refractivity contribution in [1.82, 2.24) is 9.97 Å². The summed E-state index contributed by atoms with van der Waals surface area (Å²) in [6.45, 7) is 5.91. The zero-order valence-electron chi connectivity index (χ0n) is 14.4. The van der Waals surface area contributed by atoms with E-state index in [1.165, 1.54) is 6.08 Å². The zero-order chi connectivity index (χ0) is 17.4. The molecule has 0 fully saturated rings. The monoisotopic (exact) mass is 321 g/mol. The summed E-state index contributed by atoms with van der Waals surface area (Å²) in [5.41, 5.74) is 4.23. The van der Waals surface area contributed by atoms with E-state index in [0.717, 1.165) is 41.2 Å². The van der Waals surface area contributed by atoms with Crippen molar-refractivity contribution in [3.8, 4) is 11.3 Å². The first-order chi connectivity index (χ1) is 11.6. The van der Waals surface area contributed by atoms with Crippen LogP contribution in [0.3, 0.4) is 0 Å². The molecule has 0 atom stereocenters. The number of carbonyl (C=O) groups is 1. The summed E-state index contributed by atoms with van der Waals surface area (Å²) in [5.74, 6) is -0.146. The minimum absolute atomic E-state index is 0.146. The fourth-order valence-electron chi connectivity index (χ4n) is 2.21. The van der Waals surface area contributed by atoms with Crippen molar-refractivity contribution < 1.29 is 4.79 Å². The van der Waals surface area contributed by atoms with Gasteiger partial charge in [0.2, 0.25) is 5.91 Å². The van der Waals surface area contributed by atoms with Crippen molar-refractivity contribution in [3.05, 3.63) is 60.1 Å². The number of aromatic nitrogens is 2. The maximum absolute atomic E-state index is 11.7. The van der Waals surface area contributed by atoms with Crippen molar-refractivity contribution in [1.29, 1.82) is 0 Å². The third-order valence-electron chi connectivity index (χ3n) is 3.47. The van der Waals surface area contributed by atoms with Gasteiger partial charge in [-0.25, -0.2) is 4.98 Å². The standard InChI is InChI=1S/C20H23N3O/c1-4-6-7-12-18-15(3)21-14-19(23-18)16-10-8-11-17(13-16)22-20(24)9-5-2/h5,7-14H,4,6H2,1-3H3,(H,22,24)/b9-5+,12-7-. The maximum atomic E-state index is 11.7. The fraction of sp³-hybridized carbons (Fsp3) is 0.250. The van der Waals surface area contributed by atoms with Crippen LogP contribution in [0.2, 0.25) is 0 Å². The lowest BCUT2D eigenvalue weighted by molar-refractivity contribution is -0.111. The summed E-state index contributed by atoms with van der Waals surface area (Å²) < 4.78 is 0. The molecule has 24 heavy (non-hydrogen) atoms. The van der Waals surface area contributed by atoms with Gasteiger partial charge in [0.1, 0.15) is 0 Å². The molecule has 2 aromatic rings. The van der Waals surface area contributed by atoms with E-state index in [2.05, 4.69) is 23.3 Å². The molecule has 0 saturated carbocycles. The van der Waals surface area contributed by atoms with Gasteiger partial charge in [0.25, 0.3) is 0 Å². The second kappa shape index (κ2) is 8.77. The highest BCUT2D eigenvalue weighted by Gasteiger charge is 2.06. The van der Waals surface area contributed by atoms with E-state index in [0.29, 0.717) is 0 Å². The molecule has 0 aliphatic carbocycles. The summed E-state index contributed by atoms with van der Waals surface area (Å²) in [4.78, 5) is 20.8. The van der Waals surface area contributed by atoms with Gasteiger partial charge in [0.05, 0.1) is 23.3 Å². The van der Waals surface area contributed by atoms with Crippen molar-refractivity contribution in [2.75, 3.05) is 5.32 Å². The minimum Gasteiger partial charge on any atom is -0.323 e. The quantitative estimate of drug-likeness (QED) is 0.779. The van der Waals surface area contributed by atoms with Gasteiger partial charge in [-0.2, -0.15) is 0 Å². The predicted molar refractivity (Wildman–Crippen MR) is 99.6 cm³/mol. The van der Waals surface area contributed by atoms with Crippen LogP contribution in [0.4, 0.5) is 5.69 Å². The lowest BCUT2D eigenvalue weighted by atomic mass is 10.1. The van der Waals surface area contributed by atoms with E-state index >= 15 is 0 Å². The summed E-state index contributed by atoms with van der Waals surface area (Å²) in [6, 6.07) is 7.62. The molecule has 0 bridgehead atoms. The number of allylic oxidation sites excluding steroid dienone is 2. The molecule has 2 rings (SSSR count). The lowest BCUT2D eigenvalue weighted by Gasteiger charge is -2.07. The fourth-order valence-corrected chi connectivity index (χ4v) is 2.21. The molecule has 4 nitrogen and oxygen atoms in total. The number of unbranched alkanes of at least 4 members (excludes halogenated alkanes) is 1. The highest BCUT2D eigenvalue weighted by molar-refractivity contribution is 5.99. The largest absolute Gasteiger partial charge is 0.323 e. The molecular weight excluding hydrogens is 298 g/mol. The van der Waals surface area contributed by atoms with Crippen LogP contribution in [-0.4, -0.2) is 15.9 Å². The van der Waals surface area contributed by atoms with Crippen LogP contribution in [-0.2, 0) is 4.79 Å². The number of hydrogen-bond donors (Lipinski definition) is 1. The van der Waals surface area contributed by atoms with Gasteiger partial charge < -0.3 is 5.32 Å². The summed E-state index contributed by atoms with van der Waals surface area (Å²) in [5, 5.41) is 2.83. The summed E-state index contributed by atoms with van der Waals surface area (Å²) in [7, 11) is 0. The van der Waals surface area contributed by atoms with Crippen LogP contribution < -0.4 is 5.32 Å². The maximum Gasteiger partial charge on any atom is 0.248 e. The molecule has 0 unspecified atom stereocenters. The first kappa shape index (κ1) is 17.6. The van der Waals surface area contributed by atoms with Gasteiger partial charge in [-0.05, 0) is 44.6 Å². The molecule has 1 amide bonds. The lowest BCUT2D eigenvalue weighted by Crippen LogP contribution is -2.07. The second-order valence-electron chi connectivity index (χ2n) is 5.49. The smallest absolute Gasteiger partial charge is 0.248 e. The molecule has 0 spiro atoms. The zero-order valence-corrected chi connectivity index (χ0v) is 14.4. The van der Waals surface area contributed by atoms with Gasteiger partial charge in [-0.1, -0.05) is 37.6 Å². The third kappa shape index (κ3) is 4.88. The molecular formula is C20H23N3O. The Morgan fingerprint density at radius 2 is 2.17 bits per heavy atom. The third-order valence-corrected chi connectivity index (χ3v) is 3.47. The Balaban J connectivity index is 2.28. The minimum atomic E-state index is -0.146. The molecule has 0 aliphatic heterocycles. The SMILES string of the molecule is C/C=C/C(=O)Nc1cccc(-c2cnc(C)c(/C=C\CCC)n2)c1. The Morgan fingerprint density at radius 3 is 2.92 bits per heavy atom. The van der Waals surface area contributed by atoms with Crippen LogP contribution >= 0.6 is 0 Å². The number of aryl methyl sites for hydroxylation is 1. The average Bonchev–Trinajstić information content (AvgIpc) is 2.57. The number of nitrogens with one attached hydrogen (secondary N) is 1. The topological polar surface area (TPSA) is 54.9 Å². The van der Waals surface area contributed by atoms with Gasteiger partial charge in [-0.15, -0.1) is 0 Å². The van der Waals surface area contributed by atoms with Gasteiger partial charge >= 0.3 is 0 Å². The Labute approximate surface area is 143 Å². The normalized spacial score (nSPS) is 11.3. The van der Waals surface area contributed by atoms with Crippen LogP contribution in [0.5, 0.6) is 0 Å². The molecule has 1 aromatic heterocycles. The van der Waals surface area contributed by atoms with Crippen molar-refractivity contribution in [3.63, 3.8) is 0 Å². The van der Waals surface area contributed by atoms with Crippen molar-refractivity contribution in [2.45, 2.75) is 33.6 Å². The Hall–Kier alpha value is -2.75. The van der Waals surface area contributed by atoms with Crippen LogP contribution in [0.1, 0.15) is 38.1 Å². The van der Waals surface area contributed by atoms with Crippen molar-refractivity contribution in [2.24, 2.45) is 0 Å². The van der Waals surface area contributed by atoms with Gasteiger partial charge in [0, 0.05) is 11.3 Å². The highest BCUT2D eigenvalue weighted by Crippen LogP contribution is 2.22. The first-order valence-corrected chi connectivity index (χ1v) is 8.18. The van der Waals surface area contributed by atoms with Crippen LogP contribution in [0.15, 0.2) is 48.7 Å². The van der Waals surface area contributed by atoms with E-state index in [4.69, 9.17) is 4.98 Å². The molecule has 4 heteroatoms. The van der Waals surface area contributed by atoms with E-state index in [1.807, 2.05) is 44.2 Å². The molecule has 0 radical (unpaired) electrons. The van der Waals surface area contributed by atoms with E-state index < -0.39 is 0 Å². The summed E-state index contributed by atoms with van der Waals surface area (Å²) >= 11 is 0. The number of carbonyl (C=O) groups excluding carboxylic acids is 1. The Bertz CT molecular complexity index is 763. The Kier molecular flexibility index (Phi) is 6.43. The molecule has 1 heterocycles. The molecule has 124 valence electrons. The van der Waals surface area contributed by atoms with E-state index in [9.17, 15) is 4.79 Å². The average molecular weight is 321 g/mol. The number of hydrogen-bond acceptors (Lipinski definition) is 3. The van der Waals surface area contributed by atoms with Crippen LogP contribution in [0, 0.1) is 6.92 Å². The van der Waals surface area contributed by atoms with Gasteiger partial charge in [0.15, 0.2) is 0 Å². The first-order valence-electron chi connectivity index (χ1n) is 8.18. The Morgan fingerprint density at radius 1 is 1.33 bits per heavy atom. The second-order valence-corrected chi connectivity index (χ2v) is 5.49.